The molecule has 1 aliphatic rings. The Labute approximate surface area is 183 Å². The highest BCUT2D eigenvalue weighted by molar-refractivity contribution is 5.84. The van der Waals surface area contributed by atoms with Crippen LogP contribution in [-0.4, -0.2) is 60.0 Å². The number of hydrogen-bond acceptors (Lipinski definition) is 10. The summed E-state index contributed by atoms with van der Waals surface area (Å²) in [7, 11) is 0. The van der Waals surface area contributed by atoms with Gasteiger partial charge in [0.05, 0.1) is 12.5 Å². The third-order valence-electron chi connectivity index (χ3n) is 4.92. The number of anilines is 2. The zero-order valence-electron chi connectivity index (χ0n) is 17.3. The van der Waals surface area contributed by atoms with Crippen LogP contribution in [0.3, 0.4) is 0 Å². The van der Waals surface area contributed by atoms with Gasteiger partial charge in [-0.3, -0.25) is 9.36 Å². The van der Waals surface area contributed by atoms with Crippen molar-refractivity contribution in [1.82, 2.24) is 19.5 Å². The minimum absolute atomic E-state index is 0.0881. The molecular formula is C21H21N7O4. The second-order valence-corrected chi connectivity index (χ2v) is 7.16. The lowest BCUT2D eigenvalue weighted by Gasteiger charge is -2.16. The first-order valence-corrected chi connectivity index (χ1v) is 9.73. The number of imidazole rings is 1. The van der Waals surface area contributed by atoms with Gasteiger partial charge in [-0.05, 0) is 31.5 Å². The molecule has 11 heteroatoms. The normalized spacial score (nSPS) is 22.8. The van der Waals surface area contributed by atoms with Gasteiger partial charge in [-0.25, -0.2) is 10.4 Å². The largest absolute Gasteiger partial charge is 0.387 e. The summed E-state index contributed by atoms with van der Waals surface area (Å²) in [5, 5.41) is 24.6. The van der Waals surface area contributed by atoms with Crippen LogP contribution in [0.1, 0.15) is 31.2 Å². The monoisotopic (exact) mass is 435 g/mol. The average molecular weight is 435 g/mol. The van der Waals surface area contributed by atoms with Gasteiger partial charge in [-0.1, -0.05) is 18.1 Å². The molecule has 1 saturated heterocycles. The van der Waals surface area contributed by atoms with E-state index >= 15 is 0 Å². The van der Waals surface area contributed by atoms with Crippen LogP contribution in [0.2, 0.25) is 0 Å². The van der Waals surface area contributed by atoms with Gasteiger partial charge in [0.25, 0.3) is 0 Å². The number of carbonyl (C=O) groups excluding carboxylic acids is 1. The molecule has 4 atom stereocenters. The van der Waals surface area contributed by atoms with Gasteiger partial charge in [0.15, 0.2) is 23.5 Å². The van der Waals surface area contributed by atoms with Crippen LogP contribution in [0.15, 0.2) is 35.7 Å². The van der Waals surface area contributed by atoms with Crippen molar-refractivity contribution < 1.29 is 19.7 Å². The van der Waals surface area contributed by atoms with Gasteiger partial charge >= 0.3 is 0 Å². The highest BCUT2D eigenvalue weighted by Crippen LogP contribution is 2.32. The predicted octanol–water partition coefficient (Wildman–Crippen LogP) is 0.434. The van der Waals surface area contributed by atoms with Gasteiger partial charge in [-0.15, -0.1) is 5.92 Å². The molecule has 0 saturated carbocycles. The van der Waals surface area contributed by atoms with Gasteiger partial charge in [0.1, 0.15) is 23.8 Å². The molecule has 0 aliphatic carbocycles. The number of aromatic nitrogens is 4. The van der Waals surface area contributed by atoms with Crippen LogP contribution in [0.25, 0.3) is 11.2 Å². The van der Waals surface area contributed by atoms with Crippen LogP contribution in [0, 0.1) is 11.8 Å². The van der Waals surface area contributed by atoms with Crippen molar-refractivity contribution in [2.24, 2.45) is 5.10 Å². The summed E-state index contributed by atoms with van der Waals surface area (Å²) in [5.41, 5.74) is 11.0. The number of aliphatic hydroxyl groups is 2. The van der Waals surface area contributed by atoms with Crippen molar-refractivity contribution in [1.29, 1.82) is 0 Å². The van der Waals surface area contributed by atoms with E-state index in [0.29, 0.717) is 0 Å². The molecule has 1 aromatic carbocycles. The molecule has 0 unspecified atom stereocenters. The van der Waals surface area contributed by atoms with E-state index < -0.39 is 30.3 Å². The summed E-state index contributed by atoms with van der Waals surface area (Å²) in [6.07, 6.45) is -2.00. The Morgan fingerprint density at radius 2 is 2.03 bits per heavy atom. The molecule has 5 N–H and O–H groups in total. The maximum Gasteiger partial charge on any atom is 0.247 e. The Morgan fingerprint density at radius 1 is 1.28 bits per heavy atom. The lowest BCUT2D eigenvalue weighted by Crippen LogP contribution is -2.34. The molecule has 0 bridgehead atoms. The number of nitrogens with two attached hydrogens (primary N) is 1. The number of nitrogens with one attached hydrogen (secondary N) is 1. The third-order valence-corrected chi connectivity index (χ3v) is 4.92. The van der Waals surface area contributed by atoms with Gasteiger partial charge in [0.2, 0.25) is 5.95 Å². The first-order chi connectivity index (χ1) is 15.4. The molecule has 0 spiro atoms. The first-order valence-electron chi connectivity index (χ1n) is 9.73. The number of carbonyl (C=O) groups is 1. The SMILES string of the molecule is CC#Cc1ccc(/C=N\Nc2nc(N)c3ncn([C@@H]4O[C@H](C(C)=O)[C@@H](O)[C@H]4O)c3n2)cc1. The van der Waals surface area contributed by atoms with Gasteiger partial charge < -0.3 is 20.7 Å². The van der Waals surface area contributed by atoms with Gasteiger partial charge in [0, 0.05) is 5.56 Å². The molecule has 32 heavy (non-hydrogen) atoms. The van der Waals surface area contributed by atoms with Crippen LogP contribution in [-0.2, 0) is 9.53 Å². The lowest BCUT2D eigenvalue weighted by atomic mass is 10.1. The van der Waals surface area contributed by atoms with Crippen LogP contribution >= 0.6 is 0 Å². The number of benzene rings is 1. The summed E-state index contributed by atoms with van der Waals surface area (Å²) < 4.78 is 6.95. The topological polar surface area (TPSA) is 161 Å². The number of aliphatic hydroxyl groups excluding tert-OH is 2. The van der Waals surface area contributed by atoms with E-state index in [0.717, 1.165) is 11.1 Å². The Bertz CT molecular complexity index is 1240. The molecule has 3 aromatic rings. The quantitative estimate of drug-likeness (QED) is 0.253. The van der Waals surface area contributed by atoms with Crippen molar-refractivity contribution in [2.45, 2.75) is 38.4 Å². The zero-order chi connectivity index (χ0) is 22.8. The summed E-state index contributed by atoms with van der Waals surface area (Å²) in [5.74, 6) is 5.59. The first kappa shape index (κ1) is 21.4. The molecule has 2 aromatic heterocycles. The van der Waals surface area contributed by atoms with E-state index in [2.05, 4.69) is 37.3 Å². The summed E-state index contributed by atoms with van der Waals surface area (Å²) in [6, 6.07) is 7.50. The van der Waals surface area contributed by atoms with Crippen molar-refractivity contribution in [3.05, 3.63) is 41.7 Å². The van der Waals surface area contributed by atoms with Crippen molar-refractivity contribution in [3.8, 4) is 11.8 Å². The molecule has 3 heterocycles. The minimum atomic E-state index is -1.37. The predicted molar refractivity (Wildman–Crippen MR) is 117 cm³/mol. The van der Waals surface area contributed by atoms with E-state index in [1.165, 1.54) is 17.8 Å². The van der Waals surface area contributed by atoms with Gasteiger partial charge in [-0.2, -0.15) is 15.1 Å². The molecule has 4 rings (SSSR count). The number of Topliss-reactive ketones (excluding diaryl/α,β-unsaturated/α-hetero) is 1. The molecule has 11 nitrogen and oxygen atoms in total. The van der Waals surface area contributed by atoms with Crippen LogP contribution < -0.4 is 11.2 Å². The van der Waals surface area contributed by atoms with Crippen LogP contribution in [0.4, 0.5) is 11.8 Å². The number of nitrogens with zero attached hydrogens (tertiary/aromatic N) is 5. The highest BCUT2D eigenvalue weighted by atomic mass is 16.6. The lowest BCUT2D eigenvalue weighted by molar-refractivity contribution is -0.133. The molecule has 164 valence electrons. The summed E-state index contributed by atoms with van der Waals surface area (Å²) in [6.45, 7) is 3.05. The summed E-state index contributed by atoms with van der Waals surface area (Å²) in [4.78, 5) is 24.3. The fourth-order valence-corrected chi connectivity index (χ4v) is 3.36. The summed E-state index contributed by atoms with van der Waals surface area (Å²) >= 11 is 0. The fourth-order valence-electron chi connectivity index (χ4n) is 3.36. The number of fused-ring (bicyclic) bond motifs is 1. The Kier molecular flexibility index (Phi) is 5.83. The van der Waals surface area contributed by atoms with E-state index in [-0.39, 0.29) is 22.9 Å². The number of rotatable bonds is 5. The number of ketones is 1. The molecule has 0 radical (unpaired) electrons. The number of hydrogen-bond donors (Lipinski definition) is 4. The fraction of sp³-hybridized carbons (Fsp3) is 0.286. The Balaban J connectivity index is 1.58. The smallest absolute Gasteiger partial charge is 0.247 e. The molecule has 1 aliphatic heterocycles. The van der Waals surface area contributed by atoms with E-state index in [4.69, 9.17) is 10.5 Å². The Hall–Kier alpha value is -3.85. The van der Waals surface area contributed by atoms with E-state index in [9.17, 15) is 15.0 Å². The maximum atomic E-state index is 11.7. The Morgan fingerprint density at radius 3 is 2.69 bits per heavy atom. The van der Waals surface area contributed by atoms with Crippen molar-refractivity contribution in [2.75, 3.05) is 11.2 Å². The molecule has 1 fully saturated rings. The number of ether oxygens (including phenoxy) is 1. The molecule has 0 amide bonds. The maximum absolute atomic E-state index is 11.7. The second kappa shape index (κ2) is 8.72. The zero-order valence-corrected chi connectivity index (χ0v) is 17.3. The number of hydrazone groups is 1. The van der Waals surface area contributed by atoms with Crippen LogP contribution in [0.5, 0.6) is 0 Å². The average Bonchev–Trinajstić information content (AvgIpc) is 3.31. The van der Waals surface area contributed by atoms with E-state index in [1.54, 1.807) is 13.1 Å². The van der Waals surface area contributed by atoms with E-state index in [1.807, 2.05) is 24.3 Å². The third kappa shape index (κ3) is 4.02. The second-order valence-electron chi connectivity index (χ2n) is 7.16. The van der Waals surface area contributed by atoms with Crippen molar-refractivity contribution >= 4 is 34.9 Å². The minimum Gasteiger partial charge on any atom is -0.387 e. The number of nitrogen functional groups attached to an aromatic ring is 1. The van der Waals surface area contributed by atoms with Crippen molar-refractivity contribution in [3.63, 3.8) is 0 Å². The molecular weight excluding hydrogens is 414 g/mol. The highest BCUT2D eigenvalue weighted by Gasteiger charge is 2.46. The standard InChI is InChI=1S/C21H21N7O4/c1-3-4-12-5-7-13(8-6-12)9-24-27-21-25-18(22)14-19(26-21)28(10-23-14)20-16(31)15(30)17(32-20)11(2)29/h5-10,15-17,20,30-31H,1-2H3,(H3,22,25,26,27)/b24-9-/t15-,16+,17+,20+/m0/s1.